The molecule has 2 heterocycles. The smallest absolute Gasteiger partial charge is 0.257 e. The van der Waals surface area contributed by atoms with Crippen LogP contribution < -0.4 is 5.32 Å². The molecule has 0 spiro atoms. The summed E-state index contributed by atoms with van der Waals surface area (Å²) in [5.41, 5.74) is 0.352. The second-order valence-electron chi connectivity index (χ2n) is 5.87. The minimum absolute atomic E-state index is 0.0189. The van der Waals surface area contributed by atoms with E-state index in [1.54, 1.807) is 13.0 Å². The lowest BCUT2D eigenvalue weighted by atomic mass is 10.0. The van der Waals surface area contributed by atoms with Gasteiger partial charge in [0.25, 0.3) is 5.91 Å². The first-order chi connectivity index (χ1) is 11.5. The summed E-state index contributed by atoms with van der Waals surface area (Å²) in [6, 6.07) is 4.13. The molecule has 0 bridgehead atoms. The first kappa shape index (κ1) is 16.9. The zero-order valence-electron chi connectivity index (χ0n) is 13.4. The second kappa shape index (κ2) is 6.91. The molecule has 0 saturated carbocycles. The molecule has 0 aliphatic carbocycles. The second-order valence-corrected chi connectivity index (χ2v) is 6.28. The van der Waals surface area contributed by atoms with Crippen molar-refractivity contribution in [3.05, 3.63) is 40.4 Å². The Bertz CT molecular complexity index is 736. The number of benzene rings is 1. The van der Waals surface area contributed by atoms with E-state index in [2.05, 4.69) is 10.5 Å². The average Bonchev–Trinajstić information content (AvgIpc) is 3.17. The lowest BCUT2D eigenvalue weighted by molar-refractivity contribution is 0.0712. The average molecular weight is 353 g/mol. The molecule has 5 nitrogen and oxygen atoms in total. The van der Waals surface area contributed by atoms with Crippen LogP contribution >= 0.6 is 11.6 Å². The van der Waals surface area contributed by atoms with E-state index in [1.807, 2.05) is 6.92 Å². The number of amides is 1. The van der Waals surface area contributed by atoms with E-state index < -0.39 is 5.82 Å². The van der Waals surface area contributed by atoms with Crippen LogP contribution in [-0.4, -0.2) is 29.8 Å². The number of carbonyl (C=O) groups excluding carboxylic acids is 1. The number of halogens is 2. The number of aryl methyl sites for hydroxylation is 1. The molecule has 0 unspecified atom stereocenters. The van der Waals surface area contributed by atoms with Crippen LogP contribution in [0.5, 0.6) is 0 Å². The minimum Gasteiger partial charge on any atom is -0.376 e. The lowest BCUT2D eigenvalue weighted by Crippen LogP contribution is -2.41. The van der Waals surface area contributed by atoms with E-state index in [0.29, 0.717) is 12.4 Å². The van der Waals surface area contributed by atoms with E-state index in [4.69, 9.17) is 20.9 Å². The maximum Gasteiger partial charge on any atom is 0.257 e. The third-order valence-electron chi connectivity index (χ3n) is 4.17. The number of nitrogens with one attached hydrogen (secondary N) is 1. The van der Waals surface area contributed by atoms with Gasteiger partial charge in [0.2, 0.25) is 0 Å². The van der Waals surface area contributed by atoms with Crippen molar-refractivity contribution >= 4 is 17.5 Å². The van der Waals surface area contributed by atoms with Crippen LogP contribution in [0, 0.1) is 12.7 Å². The number of hydrogen-bond donors (Lipinski definition) is 1. The van der Waals surface area contributed by atoms with Gasteiger partial charge in [0.1, 0.15) is 22.8 Å². The van der Waals surface area contributed by atoms with Gasteiger partial charge in [-0.3, -0.25) is 4.79 Å². The number of carbonyl (C=O) groups is 1. The van der Waals surface area contributed by atoms with E-state index in [9.17, 15) is 9.18 Å². The van der Waals surface area contributed by atoms with Gasteiger partial charge in [0.15, 0.2) is 0 Å². The Morgan fingerprint density at radius 1 is 1.50 bits per heavy atom. The third-order valence-corrected chi connectivity index (χ3v) is 4.49. The van der Waals surface area contributed by atoms with Gasteiger partial charge in [0, 0.05) is 6.61 Å². The van der Waals surface area contributed by atoms with E-state index in [-0.39, 0.29) is 39.9 Å². The fourth-order valence-electron chi connectivity index (χ4n) is 2.90. The van der Waals surface area contributed by atoms with Gasteiger partial charge in [-0.05, 0) is 38.8 Å². The predicted molar refractivity (Wildman–Crippen MR) is 87.5 cm³/mol. The highest BCUT2D eigenvalue weighted by Gasteiger charge is 2.29. The fraction of sp³-hybridized carbons (Fsp3) is 0.412. The molecule has 128 valence electrons. The van der Waals surface area contributed by atoms with Crippen molar-refractivity contribution in [2.24, 2.45) is 0 Å². The minimum atomic E-state index is -0.558. The lowest BCUT2D eigenvalue weighted by Gasteiger charge is -2.20. The van der Waals surface area contributed by atoms with Crippen molar-refractivity contribution in [3.63, 3.8) is 0 Å². The van der Waals surface area contributed by atoms with E-state index in [1.165, 1.54) is 12.1 Å². The summed E-state index contributed by atoms with van der Waals surface area (Å²) < 4.78 is 24.9. The molecule has 24 heavy (non-hydrogen) atoms. The molecule has 1 saturated heterocycles. The van der Waals surface area contributed by atoms with Crippen LogP contribution in [0.3, 0.4) is 0 Å². The summed E-state index contributed by atoms with van der Waals surface area (Å²) in [5, 5.41) is 6.90. The van der Waals surface area contributed by atoms with Gasteiger partial charge in [-0.15, -0.1) is 0 Å². The molecule has 2 aromatic rings. The summed E-state index contributed by atoms with van der Waals surface area (Å²) in [6.45, 7) is 4.19. The Kier molecular flexibility index (Phi) is 4.87. The molecule has 1 amide bonds. The largest absolute Gasteiger partial charge is 0.376 e. The van der Waals surface area contributed by atoms with E-state index in [0.717, 1.165) is 12.8 Å². The van der Waals surface area contributed by atoms with Gasteiger partial charge in [-0.2, -0.15) is 0 Å². The van der Waals surface area contributed by atoms with Gasteiger partial charge < -0.3 is 14.6 Å². The molecule has 1 N–H and O–H groups in total. The maximum absolute atomic E-state index is 14.2. The molecular weight excluding hydrogens is 335 g/mol. The fourth-order valence-corrected chi connectivity index (χ4v) is 3.16. The van der Waals surface area contributed by atoms with Crippen LogP contribution in [0.25, 0.3) is 11.3 Å². The first-order valence-corrected chi connectivity index (χ1v) is 8.20. The molecule has 1 aromatic carbocycles. The van der Waals surface area contributed by atoms with Crippen LogP contribution in [0.1, 0.15) is 35.9 Å². The van der Waals surface area contributed by atoms with Crippen molar-refractivity contribution in [1.29, 1.82) is 0 Å². The maximum atomic E-state index is 14.2. The Balaban J connectivity index is 1.91. The number of hydrogen-bond acceptors (Lipinski definition) is 4. The summed E-state index contributed by atoms with van der Waals surface area (Å²) in [6.07, 6.45) is 1.86. The van der Waals surface area contributed by atoms with Gasteiger partial charge in [0.05, 0.1) is 22.7 Å². The first-order valence-electron chi connectivity index (χ1n) is 7.82. The Morgan fingerprint density at radius 3 is 2.96 bits per heavy atom. The number of nitrogens with zero attached hydrogens (tertiary/aromatic N) is 1. The molecule has 1 fully saturated rings. The molecule has 1 aliphatic rings. The van der Waals surface area contributed by atoms with Crippen molar-refractivity contribution in [3.8, 4) is 11.3 Å². The van der Waals surface area contributed by atoms with Gasteiger partial charge in [-0.25, -0.2) is 4.39 Å². The predicted octanol–water partition coefficient (Wildman–Crippen LogP) is 3.74. The van der Waals surface area contributed by atoms with Crippen molar-refractivity contribution in [1.82, 2.24) is 10.5 Å². The SMILES string of the molecule is Cc1onc(-c2c(F)cccc2Cl)c1C(=O)N[C@@H](C)[C@@H]1CCCO1. The van der Waals surface area contributed by atoms with Gasteiger partial charge in [-0.1, -0.05) is 22.8 Å². The van der Waals surface area contributed by atoms with Crippen LogP contribution in [-0.2, 0) is 4.74 Å². The van der Waals surface area contributed by atoms with Crippen LogP contribution in [0.2, 0.25) is 5.02 Å². The van der Waals surface area contributed by atoms with Crippen molar-refractivity contribution in [2.45, 2.75) is 38.8 Å². The molecule has 1 aliphatic heterocycles. The highest BCUT2D eigenvalue weighted by atomic mass is 35.5. The normalized spacial score (nSPS) is 18.6. The molecule has 2 atom stereocenters. The van der Waals surface area contributed by atoms with Gasteiger partial charge >= 0.3 is 0 Å². The monoisotopic (exact) mass is 352 g/mol. The molecule has 1 aromatic heterocycles. The highest BCUT2D eigenvalue weighted by Crippen LogP contribution is 2.33. The molecular formula is C17H18ClFN2O3. The molecule has 0 radical (unpaired) electrons. The van der Waals surface area contributed by atoms with Crippen molar-refractivity contribution in [2.75, 3.05) is 6.61 Å². The summed E-state index contributed by atoms with van der Waals surface area (Å²) in [4.78, 5) is 12.7. The van der Waals surface area contributed by atoms with Crippen LogP contribution in [0.15, 0.2) is 22.7 Å². The van der Waals surface area contributed by atoms with E-state index >= 15 is 0 Å². The van der Waals surface area contributed by atoms with Crippen LogP contribution in [0.4, 0.5) is 4.39 Å². The number of rotatable bonds is 4. The third kappa shape index (κ3) is 3.16. The quantitative estimate of drug-likeness (QED) is 0.910. The number of ether oxygens (including phenoxy) is 1. The summed E-state index contributed by atoms with van der Waals surface area (Å²) in [7, 11) is 0. The Hall–Kier alpha value is -1.92. The Morgan fingerprint density at radius 2 is 2.29 bits per heavy atom. The van der Waals surface area contributed by atoms with Crippen molar-refractivity contribution < 1.29 is 18.4 Å². The zero-order valence-corrected chi connectivity index (χ0v) is 14.2. The topological polar surface area (TPSA) is 64.4 Å². The molecule has 3 rings (SSSR count). The standard InChI is InChI=1S/C17H18ClFN2O3/c1-9(13-7-4-8-23-13)20-17(22)14-10(2)24-21-16(14)15-11(18)5-3-6-12(15)19/h3,5-6,9,13H,4,7-8H2,1-2H3,(H,20,22)/t9-,13-/m0/s1. The highest BCUT2D eigenvalue weighted by molar-refractivity contribution is 6.33. The Labute approximate surface area is 144 Å². The summed E-state index contributed by atoms with van der Waals surface area (Å²) in [5.74, 6) is -0.635. The molecule has 7 heteroatoms. The zero-order chi connectivity index (χ0) is 17.3. The number of aromatic nitrogens is 1. The summed E-state index contributed by atoms with van der Waals surface area (Å²) >= 11 is 6.09.